The van der Waals surface area contributed by atoms with Crippen LogP contribution in [0.2, 0.25) is 0 Å². The molecule has 0 saturated carbocycles. The molecule has 3 aromatic carbocycles. The van der Waals surface area contributed by atoms with Crippen molar-refractivity contribution in [2.75, 3.05) is 6.54 Å². The van der Waals surface area contributed by atoms with Crippen LogP contribution in [0.15, 0.2) is 91.0 Å². The fraction of sp³-hybridized carbons (Fsp3) is 0.535. The van der Waals surface area contributed by atoms with Crippen LogP contribution in [0, 0.1) is 17.8 Å². The molecule has 0 aromatic heterocycles. The molecule has 0 aliphatic rings. The number of nitrogens with two attached hydrogens (primary N) is 3. The van der Waals surface area contributed by atoms with Gasteiger partial charge in [-0.15, -0.1) is 0 Å². The van der Waals surface area contributed by atoms with Crippen molar-refractivity contribution in [3.05, 3.63) is 108 Å². The minimum absolute atomic E-state index is 0.0135. The summed E-state index contributed by atoms with van der Waals surface area (Å²) in [5, 5.41) is 94.9. The molecule has 3 rings (SSSR count). The van der Waals surface area contributed by atoms with Crippen LogP contribution in [0.25, 0.3) is 0 Å². The number of carbonyl (C=O) groups is 22. The first kappa shape index (κ1) is 112. The van der Waals surface area contributed by atoms with Gasteiger partial charge in [-0.3, -0.25) is 101 Å². The first-order chi connectivity index (χ1) is 61.9. The van der Waals surface area contributed by atoms with E-state index in [1.165, 1.54) is 13.8 Å². The number of primary amides is 2. The molecule has 0 heterocycles. The van der Waals surface area contributed by atoms with E-state index in [9.17, 15) is 136 Å². The molecule has 0 saturated heterocycles. The number of hydrogen-bond acceptors (Lipinski definition) is 24. The minimum Gasteiger partial charge on any atom is -0.481 e. The van der Waals surface area contributed by atoms with Crippen LogP contribution in [0.4, 0.5) is 0 Å². The number of carbonyl (C=O) groups excluding carboxylic acids is 17. The summed E-state index contributed by atoms with van der Waals surface area (Å²) >= 11 is 0. The summed E-state index contributed by atoms with van der Waals surface area (Å²) in [5.41, 5.74) is 18.5. The van der Waals surface area contributed by atoms with Gasteiger partial charge >= 0.3 is 29.8 Å². The summed E-state index contributed by atoms with van der Waals surface area (Å²) in [7, 11) is 0. The molecule has 0 aliphatic carbocycles. The topological polar surface area (TPSA) is 755 Å². The molecule has 46 nitrogen and oxygen atoms in total. The Morgan fingerprint density at radius 2 is 0.553 bits per heavy atom. The summed E-state index contributed by atoms with van der Waals surface area (Å²) in [6.45, 7) is 12.3. The Labute approximate surface area is 760 Å². The Hall–Kier alpha value is -14.1. The Bertz CT molecular complexity index is 4500. The van der Waals surface area contributed by atoms with Gasteiger partial charge in [0.25, 0.3) is 0 Å². The summed E-state index contributed by atoms with van der Waals surface area (Å²) in [6, 6.07) is -0.269. The monoisotopic (exact) mass is 1860 g/mol. The number of carboxylic acids is 5. The van der Waals surface area contributed by atoms with E-state index in [4.69, 9.17) is 17.2 Å². The number of aliphatic hydroxyl groups excluding tert-OH is 1. The summed E-state index contributed by atoms with van der Waals surface area (Å²) in [4.78, 5) is 296. The molecule has 132 heavy (non-hydrogen) atoms. The van der Waals surface area contributed by atoms with E-state index in [0.717, 1.165) is 6.92 Å². The van der Waals surface area contributed by atoms with Crippen molar-refractivity contribution >= 4 is 130 Å². The van der Waals surface area contributed by atoms with Crippen molar-refractivity contribution in [1.29, 1.82) is 0 Å². The van der Waals surface area contributed by atoms with Crippen LogP contribution < -0.4 is 97.0 Å². The molecule has 0 spiro atoms. The predicted octanol–water partition coefficient (Wildman–Crippen LogP) is -4.81. The van der Waals surface area contributed by atoms with Crippen LogP contribution in [0.1, 0.15) is 169 Å². The second-order valence-electron chi connectivity index (χ2n) is 33.0. The zero-order chi connectivity index (χ0) is 99.3. The van der Waals surface area contributed by atoms with Gasteiger partial charge < -0.3 is 128 Å². The number of rotatable bonds is 61. The highest BCUT2D eigenvalue weighted by atomic mass is 16.4. The van der Waals surface area contributed by atoms with Crippen molar-refractivity contribution in [1.82, 2.24) is 79.8 Å². The average Bonchev–Trinajstić information content (AvgIpc) is 0.862. The van der Waals surface area contributed by atoms with Gasteiger partial charge in [-0.2, -0.15) is 0 Å². The maximum Gasteiger partial charge on any atom is 0.326 e. The molecule has 27 N–H and O–H groups in total. The van der Waals surface area contributed by atoms with Crippen molar-refractivity contribution in [2.24, 2.45) is 35.0 Å². The average molecular weight is 1860 g/mol. The molecular weight excluding hydrogens is 1730 g/mol. The third kappa shape index (κ3) is 43.4. The van der Waals surface area contributed by atoms with Gasteiger partial charge in [0.05, 0.1) is 25.1 Å². The number of aliphatic hydroxyl groups is 1. The van der Waals surface area contributed by atoms with E-state index < -0.39 is 316 Å². The third-order valence-corrected chi connectivity index (χ3v) is 19.9. The van der Waals surface area contributed by atoms with Gasteiger partial charge in [-0.25, -0.2) is 4.79 Å². The van der Waals surface area contributed by atoms with E-state index >= 15 is 0 Å². The lowest BCUT2D eigenvalue weighted by atomic mass is 10.00. The first-order valence-electron chi connectivity index (χ1n) is 42.7. The van der Waals surface area contributed by atoms with Crippen LogP contribution in [-0.4, -0.2) is 264 Å². The second-order valence-corrected chi connectivity index (χ2v) is 33.0. The smallest absolute Gasteiger partial charge is 0.326 e. The second kappa shape index (κ2) is 57.1. The summed E-state index contributed by atoms with van der Waals surface area (Å²) < 4.78 is 0. The standard InChI is InChI=1S/C86H124N18O28/c1-43(2)35-57(98-76(121)53(25-30-64(88)106)93-73(118)47(8)91-79(124)59(38-49-19-13-10-14-20-49)101-82(127)60(97-72(117)46(7)87)39-50-21-15-11-16-22-50)80(125)95-54(26-31-65(89)107)77(122)99-58(36-44(3)4)81(126)102-62(41-70(115)116)84(129)96-55(28-33-68(111)112)75(120)94-56(29-34-69(113)114)78(123)104-71(48(9)105)85(130)90-42-66(108)92-52(27-32-67(109)110)74(119)100-61(40-51-23-17-12-18-24-51)83(128)103-63(86(131)132)37-45(5)6/h10-24,43-48,52-63,71,105H,25-42,87H2,1-9H3,(H2,88,106)(H2,89,107)(H,90,130)(H,91,124)(H,92,108)(H,93,118)(H,94,120)(H,95,125)(H,96,129)(H,97,117)(H,98,121)(H,99,122)(H,100,119)(H,101,127)(H,102,126)(H,103,128)(H,104,123)(H,109,110)(H,111,112)(H,113,114)(H,115,116)(H,131,132). The van der Waals surface area contributed by atoms with Crippen molar-refractivity contribution in [3.8, 4) is 0 Å². The van der Waals surface area contributed by atoms with Crippen LogP contribution >= 0.6 is 0 Å². The molecule has 0 radical (unpaired) electrons. The van der Waals surface area contributed by atoms with Gasteiger partial charge in [0.2, 0.25) is 100 Å². The van der Waals surface area contributed by atoms with E-state index in [-0.39, 0.29) is 44.4 Å². The highest BCUT2D eigenvalue weighted by Crippen LogP contribution is 2.17. The van der Waals surface area contributed by atoms with Gasteiger partial charge in [0, 0.05) is 51.4 Å². The number of hydrogen-bond donors (Lipinski definition) is 24. The molecule has 0 aliphatic heterocycles. The maximum absolute atomic E-state index is 14.6. The lowest BCUT2D eigenvalue weighted by Crippen LogP contribution is -2.61. The molecule has 0 fully saturated rings. The van der Waals surface area contributed by atoms with Gasteiger partial charge in [0.15, 0.2) is 0 Å². The fourth-order valence-corrected chi connectivity index (χ4v) is 13.0. The molecule has 0 bridgehead atoms. The van der Waals surface area contributed by atoms with Crippen LogP contribution in [-0.2, 0) is 125 Å². The lowest BCUT2D eigenvalue weighted by molar-refractivity contribution is -0.143. The van der Waals surface area contributed by atoms with Crippen molar-refractivity contribution in [2.45, 2.75) is 268 Å². The zero-order valence-corrected chi connectivity index (χ0v) is 74.8. The maximum atomic E-state index is 14.6. The molecule has 17 amide bonds. The number of aliphatic carboxylic acids is 5. The molecule has 16 unspecified atom stereocenters. The van der Waals surface area contributed by atoms with Crippen LogP contribution in [0.3, 0.4) is 0 Å². The number of benzene rings is 3. The molecule has 16 atom stereocenters. The summed E-state index contributed by atoms with van der Waals surface area (Å²) in [5.74, 6) is -28.3. The number of amides is 17. The van der Waals surface area contributed by atoms with Gasteiger partial charge in [0.1, 0.15) is 84.6 Å². The zero-order valence-electron chi connectivity index (χ0n) is 74.8. The van der Waals surface area contributed by atoms with Crippen molar-refractivity contribution in [3.63, 3.8) is 0 Å². The van der Waals surface area contributed by atoms with E-state index in [0.29, 0.717) is 16.7 Å². The SMILES string of the molecule is CC(C)CC(NC(=O)C(Cc1ccccc1)NC(=O)C(CCC(=O)O)NC(=O)CNC(=O)C(NC(=O)C(CCC(=O)O)NC(=O)C(CCC(=O)O)NC(=O)C(CC(=O)O)NC(=O)C(CC(C)C)NC(=O)C(CCC(N)=O)NC(=O)C(CC(C)C)NC(=O)C(CCC(N)=O)NC(=O)C(C)NC(=O)C(Cc1ccccc1)NC(=O)C(Cc1ccccc1)NC(=O)C(C)N)C(C)O)C(=O)O. The fourth-order valence-electron chi connectivity index (χ4n) is 13.0. The predicted molar refractivity (Wildman–Crippen MR) is 467 cm³/mol. The minimum atomic E-state index is -2.24. The molecular formula is C86H124N18O28. The van der Waals surface area contributed by atoms with E-state index in [1.807, 2.05) is 0 Å². The highest BCUT2D eigenvalue weighted by Gasteiger charge is 2.40. The Morgan fingerprint density at radius 3 is 0.871 bits per heavy atom. The molecule has 46 heteroatoms. The normalized spacial score (nSPS) is 14.7. The van der Waals surface area contributed by atoms with E-state index in [1.54, 1.807) is 133 Å². The Morgan fingerprint density at radius 1 is 0.288 bits per heavy atom. The first-order valence-corrected chi connectivity index (χ1v) is 42.7. The molecule has 726 valence electrons. The number of carboxylic acid groups (broad SMARTS) is 5. The Kier molecular flexibility index (Phi) is 48.5. The van der Waals surface area contributed by atoms with Crippen LogP contribution in [0.5, 0.6) is 0 Å². The van der Waals surface area contributed by atoms with Gasteiger partial charge in [-0.05, 0) is 107 Å². The quantitative estimate of drug-likeness (QED) is 0.0252. The molecule has 3 aromatic rings. The highest BCUT2D eigenvalue weighted by molar-refractivity contribution is 6.02. The van der Waals surface area contributed by atoms with Gasteiger partial charge in [-0.1, -0.05) is 133 Å². The third-order valence-electron chi connectivity index (χ3n) is 19.9. The summed E-state index contributed by atoms with van der Waals surface area (Å²) in [6.07, 6.45) is -11.5. The van der Waals surface area contributed by atoms with Crippen molar-refractivity contribution < 1.29 is 136 Å². The lowest BCUT2D eigenvalue weighted by Gasteiger charge is -2.29. The number of nitrogens with one attached hydrogen (secondary N) is 15. The Balaban J connectivity index is 1.91. The largest absolute Gasteiger partial charge is 0.481 e. The van der Waals surface area contributed by atoms with E-state index in [2.05, 4.69) is 79.8 Å².